The predicted molar refractivity (Wildman–Crippen MR) is 104 cm³/mol. The van der Waals surface area contributed by atoms with Gasteiger partial charge in [-0.25, -0.2) is 22.8 Å². The van der Waals surface area contributed by atoms with E-state index in [1.165, 1.54) is 34.6 Å². The maximum atomic E-state index is 12.5. The summed E-state index contributed by atoms with van der Waals surface area (Å²) in [4.78, 5) is 41.2. The lowest BCUT2D eigenvalue weighted by Crippen LogP contribution is -2.41. The number of imidazole rings is 1. The minimum Gasteiger partial charge on any atom is -0.464 e. The van der Waals surface area contributed by atoms with Gasteiger partial charge in [0.15, 0.2) is 21.0 Å². The summed E-state index contributed by atoms with van der Waals surface area (Å²) in [5.41, 5.74) is -0.927. The summed E-state index contributed by atoms with van der Waals surface area (Å²) >= 11 is 0. The molecule has 0 radical (unpaired) electrons. The monoisotopic (exact) mass is 420 g/mol. The number of ether oxygens (including phenoxy) is 1. The number of rotatable bonds is 7. The molecule has 0 atom stereocenters. The Morgan fingerprint density at radius 3 is 2.52 bits per heavy atom. The largest absolute Gasteiger partial charge is 0.464 e. The number of sulfone groups is 1. The van der Waals surface area contributed by atoms with Gasteiger partial charge in [0.05, 0.1) is 23.6 Å². The van der Waals surface area contributed by atoms with Crippen molar-refractivity contribution in [1.29, 1.82) is 0 Å². The summed E-state index contributed by atoms with van der Waals surface area (Å²) < 4.78 is 32.8. The first-order chi connectivity index (χ1) is 13.7. The highest BCUT2D eigenvalue weighted by molar-refractivity contribution is 7.91. The fraction of sp³-hybridized carbons (Fsp3) is 0.333. The molecule has 1 aromatic carbocycles. The Labute approximate surface area is 165 Å². The highest BCUT2D eigenvalue weighted by atomic mass is 32.2. The molecule has 0 bridgehead atoms. The molecule has 0 N–H and O–H groups in total. The molecule has 3 rings (SSSR count). The van der Waals surface area contributed by atoms with Crippen molar-refractivity contribution in [1.82, 2.24) is 18.7 Å². The van der Waals surface area contributed by atoms with Gasteiger partial charge >= 0.3 is 11.7 Å². The molecule has 0 aliphatic rings. The van der Waals surface area contributed by atoms with Gasteiger partial charge in [-0.15, -0.1) is 0 Å². The zero-order chi connectivity index (χ0) is 21.2. The molecule has 0 aliphatic carbocycles. The molecule has 0 amide bonds. The first-order valence-corrected chi connectivity index (χ1v) is 10.4. The van der Waals surface area contributed by atoms with Gasteiger partial charge < -0.3 is 9.30 Å². The third-order valence-electron chi connectivity index (χ3n) is 4.41. The Hall–Kier alpha value is -3.21. The summed E-state index contributed by atoms with van der Waals surface area (Å²) in [6.45, 7) is -0.716. The summed E-state index contributed by atoms with van der Waals surface area (Å²) in [5, 5.41) is 0. The van der Waals surface area contributed by atoms with Crippen LogP contribution in [-0.2, 0) is 40.0 Å². The second kappa shape index (κ2) is 8.03. The van der Waals surface area contributed by atoms with Gasteiger partial charge in [0.25, 0.3) is 5.56 Å². The molecular weight excluding hydrogens is 400 g/mol. The normalized spacial score (nSPS) is 11.7. The van der Waals surface area contributed by atoms with Gasteiger partial charge in [0.1, 0.15) is 6.54 Å². The minimum absolute atomic E-state index is 0.0939. The van der Waals surface area contributed by atoms with Crippen molar-refractivity contribution in [3.63, 3.8) is 0 Å². The molecule has 0 spiro atoms. The molecule has 10 nitrogen and oxygen atoms in total. The number of carbonyl (C=O) groups excluding carboxylic acids is 1. The van der Waals surface area contributed by atoms with Crippen LogP contribution in [0.4, 0.5) is 0 Å². The Morgan fingerprint density at radius 1 is 1.14 bits per heavy atom. The van der Waals surface area contributed by atoms with Gasteiger partial charge in [-0.2, -0.15) is 0 Å². The molecule has 0 unspecified atom stereocenters. The number of aromatic nitrogens is 4. The number of aryl methyl sites for hydroxylation is 2. The van der Waals surface area contributed by atoms with Crippen LogP contribution in [0.15, 0.2) is 51.1 Å². The van der Waals surface area contributed by atoms with Crippen LogP contribution >= 0.6 is 0 Å². The van der Waals surface area contributed by atoms with E-state index in [0.29, 0.717) is 0 Å². The summed E-state index contributed by atoms with van der Waals surface area (Å²) in [6.07, 6.45) is 1.50. The van der Waals surface area contributed by atoms with E-state index in [0.717, 1.165) is 4.57 Å². The third kappa shape index (κ3) is 4.14. The van der Waals surface area contributed by atoms with Gasteiger partial charge in [-0.05, 0) is 18.6 Å². The minimum atomic E-state index is -3.47. The maximum absolute atomic E-state index is 12.5. The Kier molecular flexibility index (Phi) is 5.69. The summed E-state index contributed by atoms with van der Waals surface area (Å²) in [6, 6.07) is 7.97. The van der Waals surface area contributed by atoms with Crippen LogP contribution in [0.3, 0.4) is 0 Å². The molecule has 29 heavy (non-hydrogen) atoms. The number of hydrogen-bond donors (Lipinski definition) is 0. The molecule has 154 valence electrons. The average Bonchev–Trinajstić information content (AvgIpc) is 3.09. The Bertz CT molecular complexity index is 1270. The molecule has 11 heteroatoms. The van der Waals surface area contributed by atoms with Crippen molar-refractivity contribution in [2.24, 2.45) is 14.1 Å². The van der Waals surface area contributed by atoms with Gasteiger partial charge in [0, 0.05) is 14.1 Å². The zero-order valence-electron chi connectivity index (χ0n) is 15.9. The number of benzene rings is 1. The van der Waals surface area contributed by atoms with E-state index in [4.69, 9.17) is 4.74 Å². The number of nitrogens with zero attached hydrogens (tertiary/aromatic N) is 4. The van der Waals surface area contributed by atoms with Crippen molar-refractivity contribution in [3.8, 4) is 0 Å². The van der Waals surface area contributed by atoms with E-state index in [1.807, 2.05) is 0 Å². The number of carbonyl (C=O) groups is 1. The Morgan fingerprint density at radius 2 is 1.83 bits per heavy atom. The SMILES string of the molecule is Cn1cnc2c1c(=O)n(CC(=O)OCCCS(=O)(=O)c1ccccc1)c(=O)n2C. The fourth-order valence-corrected chi connectivity index (χ4v) is 4.20. The van der Waals surface area contributed by atoms with Crippen LogP contribution in [0.5, 0.6) is 0 Å². The first-order valence-electron chi connectivity index (χ1n) is 8.76. The number of fused-ring (bicyclic) bond motifs is 1. The summed E-state index contributed by atoms with van der Waals surface area (Å²) in [7, 11) is -0.408. The van der Waals surface area contributed by atoms with Crippen molar-refractivity contribution >= 4 is 27.0 Å². The topological polar surface area (TPSA) is 122 Å². The van der Waals surface area contributed by atoms with Crippen LogP contribution in [0.1, 0.15) is 6.42 Å². The predicted octanol–water partition coefficient (Wildman–Crippen LogP) is -0.159. The van der Waals surface area contributed by atoms with Crippen molar-refractivity contribution in [3.05, 3.63) is 57.5 Å². The molecule has 0 aliphatic heterocycles. The van der Waals surface area contributed by atoms with Crippen LogP contribution in [0.2, 0.25) is 0 Å². The van der Waals surface area contributed by atoms with E-state index >= 15 is 0 Å². The second-order valence-corrected chi connectivity index (χ2v) is 8.58. The quantitative estimate of drug-likeness (QED) is 0.384. The van der Waals surface area contributed by atoms with Gasteiger partial charge in [0.2, 0.25) is 0 Å². The average molecular weight is 420 g/mol. The number of esters is 1. The molecule has 0 fully saturated rings. The second-order valence-electron chi connectivity index (χ2n) is 6.47. The van der Waals surface area contributed by atoms with E-state index < -0.39 is 33.6 Å². The maximum Gasteiger partial charge on any atom is 0.333 e. The molecule has 0 saturated carbocycles. The zero-order valence-corrected chi connectivity index (χ0v) is 16.8. The molecule has 3 aromatic rings. The van der Waals surface area contributed by atoms with Crippen LogP contribution in [-0.4, -0.2) is 45.4 Å². The highest BCUT2D eigenvalue weighted by Crippen LogP contribution is 2.11. The third-order valence-corrected chi connectivity index (χ3v) is 6.23. The van der Waals surface area contributed by atoms with E-state index in [2.05, 4.69) is 4.98 Å². The molecule has 0 saturated heterocycles. The fourth-order valence-electron chi connectivity index (χ4n) is 2.89. The van der Waals surface area contributed by atoms with Crippen LogP contribution in [0.25, 0.3) is 11.2 Å². The van der Waals surface area contributed by atoms with E-state index in [1.54, 1.807) is 25.2 Å². The van der Waals surface area contributed by atoms with Gasteiger partial charge in [-0.1, -0.05) is 18.2 Å². The smallest absolute Gasteiger partial charge is 0.333 e. The lowest BCUT2D eigenvalue weighted by Gasteiger charge is -2.09. The van der Waals surface area contributed by atoms with Crippen molar-refractivity contribution in [2.45, 2.75) is 17.9 Å². The van der Waals surface area contributed by atoms with Crippen LogP contribution < -0.4 is 11.2 Å². The van der Waals surface area contributed by atoms with Gasteiger partial charge in [-0.3, -0.25) is 14.2 Å². The summed E-state index contributed by atoms with van der Waals surface area (Å²) in [5.74, 6) is -0.990. The Balaban J connectivity index is 1.64. The molecule has 2 aromatic heterocycles. The lowest BCUT2D eigenvalue weighted by molar-refractivity contribution is -0.144. The highest BCUT2D eigenvalue weighted by Gasteiger charge is 2.18. The van der Waals surface area contributed by atoms with Crippen molar-refractivity contribution in [2.75, 3.05) is 12.4 Å². The molecular formula is C18H20N4O6S. The van der Waals surface area contributed by atoms with Crippen LogP contribution in [0, 0.1) is 0 Å². The number of hydrogen-bond acceptors (Lipinski definition) is 7. The standard InChI is InChI=1S/C18H20N4O6S/c1-20-12-19-16-15(20)17(24)22(18(25)21(16)2)11-14(23)28-9-6-10-29(26,27)13-7-4-3-5-8-13/h3-5,7-8,12H,6,9-11H2,1-2H3. The molecule has 2 heterocycles. The first kappa shape index (κ1) is 20.5. The van der Waals surface area contributed by atoms with E-state index in [-0.39, 0.29) is 34.8 Å². The van der Waals surface area contributed by atoms with Crippen molar-refractivity contribution < 1.29 is 17.9 Å². The lowest BCUT2D eigenvalue weighted by atomic mass is 10.4. The van der Waals surface area contributed by atoms with E-state index in [9.17, 15) is 22.8 Å².